The number of aryl methyl sites for hydroxylation is 1. The molecule has 2 N–H and O–H groups in total. The Bertz CT molecular complexity index is 1200. The van der Waals surface area contributed by atoms with E-state index >= 15 is 0 Å². The zero-order valence-corrected chi connectivity index (χ0v) is 16.5. The number of ether oxygens (including phenoxy) is 1. The Morgan fingerprint density at radius 3 is 2.82 bits per heavy atom. The molecule has 6 heteroatoms. The molecule has 2 aromatic carbocycles. The van der Waals surface area contributed by atoms with Gasteiger partial charge in [0.25, 0.3) is 5.19 Å². The Hall–Kier alpha value is -3.12. The number of nitrogens with two attached hydrogens (primary N) is 1. The van der Waals surface area contributed by atoms with E-state index in [9.17, 15) is 4.79 Å². The number of fused-ring (bicyclic) bond motifs is 1. The number of rotatable bonds is 5. The van der Waals surface area contributed by atoms with E-state index in [2.05, 4.69) is 18.0 Å². The molecule has 0 aliphatic carbocycles. The van der Waals surface area contributed by atoms with Crippen molar-refractivity contribution in [2.45, 2.75) is 26.7 Å². The SMILES string of the molecule is CCc1c(N)cccc1Cc1cc(=O)oc2cc(Oc3nccs3)c(C)cc12. The fourth-order valence-corrected chi connectivity index (χ4v) is 3.93. The zero-order chi connectivity index (χ0) is 19.7. The normalized spacial score (nSPS) is 11.1. The van der Waals surface area contributed by atoms with Crippen LogP contribution in [0.25, 0.3) is 11.0 Å². The van der Waals surface area contributed by atoms with E-state index < -0.39 is 0 Å². The van der Waals surface area contributed by atoms with Crippen molar-refractivity contribution in [3.05, 3.63) is 80.6 Å². The maximum Gasteiger partial charge on any atom is 0.336 e. The largest absolute Gasteiger partial charge is 0.430 e. The van der Waals surface area contributed by atoms with E-state index in [0.29, 0.717) is 22.9 Å². The van der Waals surface area contributed by atoms with Crippen molar-refractivity contribution in [1.29, 1.82) is 0 Å². The van der Waals surface area contributed by atoms with E-state index in [1.165, 1.54) is 11.3 Å². The quantitative estimate of drug-likeness (QED) is 0.378. The summed E-state index contributed by atoms with van der Waals surface area (Å²) in [6, 6.07) is 11.2. The van der Waals surface area contributed by atoms with Gasteiger partial charge in [-0.15, -0.1) is 0 Å². The van der Waals surface area contributed by atoms with Crippen molar-refractivity contribution >= 4 is 28.0 Å². The smallest absolute Gasteiger partial charge is 0.336 e. The maximum absolute atomic E-state index is 12.2. The van der Waals surface area contributed by atoms with Gasteiger partial charge in [0.05, 0.1) is 0 Å². The molecule has 0 bridgehead atoms. The standard InChI is InChI=1S/C22H20N2O3S/c1-3-16-14(5-4-6-18(16)23)10-15-11-21(25)26-20-12-19(13(2)9-17(15)20)27-22-24-7-8-28-22/h4-9,11-12H,3,10,23H2,1-2H3. The Kier molecular flexibility index (Phi) is 4.88. The molecular weight excluding hydrogens is 372 g/mol. The highest BCUT2D eigenvalue weighted by Crippen LogP contribution is 2.32. The van der Waals surface area contributed by atoms with Crippen LogP contribution in [0.1, 0.15) is 29.2 Å². The number of nitrogen functional groups attached to an aromatic ring is 1. The number of thiazole rings is 1. The third-order valence-electron chi connectivity index (χ3n) is 4.78. The van der Waals surface area contributed by atoms with Crippen molar-refractivity contribution in [2.75, 3.05) is 5.73 Å². The summed E-state index contributed by atoms with van der Waals surface area (Å²) in [7, 11) is 0. The van der Waals surface area contributed by atoms with Gasteiger partial charge in [0.15, 0.2) is 0 Å². The first-order valence-electron chi connectivity index (χ1n) is 9.06. The minimum atomic E-state index is -0.381. The summed E-state index contributed by atoms with van der Waals surface area (Å²) in [5.41, 5.74) is 11.1. The van der Waals surface area contributed by atoms with Gasteiger partial charge in [-0.1, -0.05) is 30.4 Å². The molecule has 2 heterocycles. The molecule has 0 saturated heterocycles. The first kappa shape index (κ1) is 18.3. The monoisotopic (exact) mass is 392 g/mol. The van der Waals surface area contributed by atoms with Crippen LogP contribution in [0.3, 0.4) is 0 Å². The average Bonchev–Trinajstić information content (AvgIpc) is 3.16. The van der Waals surface area contributed by atoms with E-state index in [-0.39, 0.29) is 5.63 Å². The van der Waals surface area contributed by atoms with Crippen molar-refractivity contribution in [3.63, 3.8) is 0 Å². The fourth-order valence-electron chi connectivity index (χ4n) is 3.43. The Morgan fingerprint density at radius 1 is 1.21 bits per heavy atom. The molecule has 0 atom stereocenters. The van der Waals surface area contributed by atoms with E-state index in [4.69, 9.17) is 14.9 Å². The maximum atomic E-state index is 12.2. The van der Waals surface area contributed by atoms with Crippen LogP contribution in [0.2, 0.25) is 0 Å². The zero-order valence-electron chi connectivity index (χ0n) is 15.7. The highest BCUT2D eigenvalue weighted by Gasteiger charge is 2.13. The van der Waals surface area contributed by atoms with Gasteiger partial charge in [0, 0.05) is 34.8 Å². The number of benzene rings is 2. The lowest BCUT2D eigenvalue weighted by Crippen LogP contribution is -2.05. The first-order valence-corrected chi connectivity index (χ1v) is 9.94. The molecular formula is C22H20N2O3S. The Labute approximate surface area is 166 Å². The van der Waals surface area contributed by atoms with Gasteiger partial charge in [-0.2, -0.15) is 0 Å². The molecule has 0 amide bonds. The van der Waals surface area contributed by atoms with Gasteiger partial charge >= 0.3 is 5.63 Å². The molecule has 0 fully saturated rings. The van der Waals surface area contributed by atoms with Crippen molar-refractivity contribution in [1.82, 2.24) is 4.98 Å². The van der Waals surface area contributed by atoms with Gasteiger partial charge < -0.3 is 14.9 Å². The summed E-state index contributed by atoms with van der Waals surface area (Å²) in [5, 5.41) is 3.29. The van der Waals surface area contributed by atoms with E-state index in [1.807, 2.05) is 30.5 Å². The minimum absolute atomic E-state index is 0.381. The predicted molar refractivity (Wildman–Crippen MR) is 112 cm³/mol. The highest BCUT2D eigenvalue weighted by molar-refractivity contribution is 7.11. The number of anilines is 1. The minimum Gasteiger partial charge on any atom is -0.430 e. The molecule has 0 unspecified atom stereocenters. The Morgan fingerprint density at radius 2 is 2.07 bits per heavy atom. The summed E-state index contributed by atoms with van der Waals surface area (Å²) in [5.74, 6) is 0.626. The first-order chi connectivity index (χ1) is 13.5. The molecule has 0 aliphatic heterocycles. The van der Waals surface area contributed by atoms with Gasteiger partial charge in [0.2, 0.25) is 0 Å². The molecule has 2 aromatic heterocycles. The van der Waals surface area contributed by atoms with E-state index in [0.717, 1.165) is 39.7 Å². The second kappa shape index (κ2) is 7.48. The molecule has 0 saturated carbocycles. The van der Waals surface area contributed by atoms with Gasteiger partial charge in [-0.3, -0.25) is 0 Å². The van der Waals surface area contributed by atoms with Crippen LogP contribution < -0.4 is 16.1 Å². The second-order valence-corrected chi connectivity index (χ2v) is 7.48. The highest BCUT2D eigenvalue weighted by atomic mass is 32.1. The third-order valence-corrected chi connectivity index (χ3v) is 5.42. The third kappa shape index (κ3) is 3.51. The van der Waals surface area contributed by atoms with Crippen LogP contribution in [0.4, 0.5) is 5.69 Å². The van der Waals surface area contributed by atoms with Crippen LogP contribution in [-0.2, 0) is 12.8 Å². The predicted octanol–water partition coefficient (Wildman–Crippen LogP) is 5.09. The lowest BCUT2D eigenvalue weighted by Gasteiger charge is -2.13. The molecule has 4 aromatic rings. The van der Waals surface area contributed by atoms with E-state index in [1.54, 1.807) is 18.3 Å². The van der Waals surface area contributed by atoms with Crippen molar-refractivity contribution < 1.29 is 9.15 Å². The summed E-state index contributed by atoms with van der Waals surface area (Å²) in [6.45, 7) is 4.05. The molecule has 5 nitrogen and oxygen atoms in total. The summed E-state index contributed by atoms with van der Waals surface area (Å²) in [4.78, 5) is 16.3. The molecule has 0 aliphatic rings. The summed E-state index contributed by atoms with van der Waals surface area (Å²) >= 11 is 1.41. The molecule has 4 rings (SSSR count). The topological polar surface area (TPSA) is 78.4 Å². The number of hydrogen-bond acceptors (Lipinski definition) is 6. The lowest BCUT2D eigenvalue weighted by atomic mass is 9.95. The van der Waals surface area contributed by atoms with Crippen LogP contribution in [0, 0.1) is 6.92 Å². The van der Waals surface area contributed by atoms with Gasteiger partial charge in [0.1, 0.15) is 11.3 Å². The van der Waals surface area contributed by atoms with Crippen LogP contribution in [0.5, 0.6) is 10.9 Å². The second-order valence-electron chi connectivity index (χ2n) is 6.62. The van der Waals surface area contributed by atoms with Crippen LogP contribution >= 0.6 is 11.3 Å². The van der Waals surface area contributed by atoms with Crippen molar-refractivity contribution in [3.8, 4) is 10.9 Å². The van der Waals surface area contributed by atoms with Crippen LogP contribution in [0.15, 0.2) is 57.2 Å². The number of aromatic nitrogens is 1. The van der Waals surface area contributed by atoms with Gasteiger partial charge in [-0.05, 0) is 54.2 Å². The molecule has 142 valence electrons. The summed E-state index contributed by atoms with van der Waals surface area (Å²) in [6.07, 6.45) is 3.14. The summed E-state index contributed by atoms with van der Waals surface area (Å²) < 4.78 is 11.3. The van der Waals surface area contributed by atoms with Gasteiger partial charge in [-0.25, -0.2) is 9.78 Å². The average molecular weight is 392 g/mol. The molecule has 0 spiro atoms. The van der Waals surface area contributed by atoms with Crippen LogP contribution in [-0.4, -0.2) is 4.98 Å². The molecule has 28 heavy (non-hydrogen) atoms. The lowest BCUT2D eigenvalue weighted by molar-refractivity contribution is 0.473. The van der Waals surface area contributed by atoms with Crippen molar-refractivity contribution in [2.24, 2.45) is 0 Å². The Balaban J connectivity index is 1.80. The fraction of sp³-hybridized carbons (Fsp3) is 0.182. The number of nitrogens with zero attached hydrogens (tertiary/aromatic N) is 1. The molecule has 0 radical (unpaired) electrons. The number of hydrogen-bond donors (Lipinski definition) is 1.